The number of carbonyl (C=O) groups is 2. The first-order valence-corrected chi connectivity index (χ1v) is 7.52. The summed E-state index contributed by atoms with van der Waals surface area (Å²) in [6.45, 7) is 1.53. The number of fused-ring (bicyclic) bond motifs is 1. The van der Waals surface area contributed by atoms with E-state index in [-0.39, 0.29) is 27.5 Å². The molecule has 1 heterocycles. The van der Waals surface area contributed by atoms with Gasteiger partial charge in [-0.05, 0) is 19.1 Å². The van der Waals surface area contributed by atoms with Crippen molar-refractivity contribution in [2.24, 2.45) is 0 Å². The number of carboxylic acid groups (broad SMARTS) is 1. The Kier molecular flexibility index (Phi) is 4.02. The second-order valence-corrected chi connectivity index (χ2v) is 5.75. The number of carboxylic acids is 1. The molecule has 0 saturated carbocycles. The molecule has 0 aliphatic rings. The highest BCUT2D eigenvalue weighted by Crippen LogP contribution is 2.29. The number of carbonyl (C=O) groups excluding carboxylic acids is 1. The summed E-state index contributed by atoms with van der Waals surface area (Å²) in [5.74, 6) is -1.70. The Morgan fingerprint density at radius 3 is 2.48 bits per heavy atom. The lowest BCUT2D eigenvalue weighted by Crippen LogP contribution is -2.15. The average molecular weight is 359 g/mol. The summed E-state index contributed by atoms with van der Waals surface area (Å²) in [6, 6.07) is 10.2. The van der Waals surface area contributed by atoms with Crippen LogP contribution in [0.1, 0.15) is 26.4 Å². The Labute approximate surface area is 146 Å². The number of nitro groups is 1. The third-order valence-corrected chi connectivity index (χ3v) is 4.24. The second-order valence-electron chi connectivity index (χ2n) is 5.34. The summed E-state index contributed by atoms with van der Waals surface area (Å²) in [6.07, 6.45) is 0. The van der Waals surface area contributed by atoms with Gasteiger partial charge in [-0.2, -0.15) is 0 Å². The molecule has 1 aromatic heterocycles. The molecule has 0 aliphatic carbocycles. The maximum absolute atomic E-state index is 12.9. The lowest BCUT2D eigenvalue weighted by Gasteiger charge is -2.08. The van der Waals surface area contributed by atoms with Gasteiger partial charge in [0.15, 0.2) is 0 Å². The first-order valence-electron chi connectivity index (χ1n) is 7.15. The molecular weight excluding hydrogens is 348 g/mol. The largest absolute Gasteiger partial charge is 0.478 e. The highest BCUT2D eigenvalue weighted by molar-refractivity contribution is 6.34. The van der Waals surface area contributed by atoms with Gasteiger partial charge >= 0.3 is 5.97 Å². The predicted octanol–water partition coefficient (Wildman–Crippen LogP) is 3.90. The molecule has 25 heavy (non-hydrogen) atoms. The number of nitro benzene ring substituents is 1. The normalized spacial score (nSPS) is 10.8. The molecule has 1 N–H and O–H groups in total. The molecule has 0 amide bonds. The third-order valence-electron chi connectivity index (χ3n) is 3.92. The Morgan fingerprint density at radius 2 is 1.88 bits per heavy atom. The quantitative estimate of drug-likeness (QED) is 0.565. The number of rotatable bonds is 3. The first kappa shape index (κ1) is 16.7. The van der Waals surface area contributed by atoms with Crippen molar-refractivity contribution < 1.29 is 19.6 Å². The van der Waals surface area contributed by atoms with E-state index in [0.29, 0.717) is 10.9 Å². The third kappa shape index (κ3) is 2.64. The molecule has 0 saturated heterocycles. The number of halogens is 1. The first-order chi connectivity index (χ1) is 11.8. The summed E-state index contributed by atoms with van der Waals surface area (Å²) < 4.78 is 1.26. The molecule has 0 aliphatic heterocycles. The minimum absolute atomic E-state index is 0.0296. The molecule has 7 nitrogen and oxygen atoms in total. The summed E-state index contributed by atoms with van der Waals surface area (Å²) in [4.78, 5) is 34.7. The van der Waals surface area contributed by atoms with Crippen LogP contribution < -0.4 is 0 Å². The van der Waals surface area contributed by atoms with Gasteiger partial charge in [0.2, 0.25) is 0 Å². The van der Waals surface area contributed by atoms with Crippen LogP contribution in [-0.2, 0) is 0 Å². The van der Waals surface area contributed by atoms with E-state index in [0.717, 1.165) is 6.07 Å². The van der Waals surface area contributed by atoms with Crippen molar-refractivity contribution in [1.82, 2.24) is 4.57 Å². The van der Waals surface area contributed by atoms with Crippen LogP contribution in [0.2, 0.25) is 5.02 Å². The Hall–Kier alpha value is -3.19. The SMILES string of the molecule is Cc1c(C(=O)O)c2ccccc2n1C(=O)c1ccc([N+](=O)[O-])cc1Cl. The van der Waals surface area contributed by atoms with Crippen LogP contribution >= 0.6 is 11.6 Å². The molecular formula is C17H11ClN2O5. The van der Waals surface area contributed by atoms with Crippen molar-refractivity contribution in [2.45, 2.75) is 6.92 Å². The second kappa shape index (κ2) is 6.03. The molecule has 3 rings (SSSR count). The molecule has 126 valence electrons. The van der Waals surface area contributed by atoms with Gasteiger partial charge in [0, 0.05) is 23.2 Å². The molecule has 0 spiro atoms. The van der Waals surface area contributed by atoms with Crippen LogP contribution in [0.15, 0.2) is 42.5 Å². The molecule has 0 fully saturated rings. The number of nitrogens with zero attached hydrogens (tertiary/aromatic N) is 2. The molecule has 0 bridgehead atoms. The fourth-order valence-corrected chi connectivity index (χ4v) is 3.07. The zero-order valence-corrected chi connectivity index (χ0v) is 13.6. The minimum Gasteiger partial charge on any atom is -0.478 e. The summed E-state index contributed by atoms with van der Waals surface area (Å²) in [5, 5.41) is 20.6. The zero-order valence-electron chi connectivity index (χ0n) is 12.9. The van der Waals surface area contributed by atoms with E-state index in [1.807, 2.05) is 0 Å². The van der Waals surface area contributed by atoms with Crippen LogP contribution in [-0.4, -0.2) is 26.5 Å². The van der Waals surface area contributed by atoms with Crippen molar-refractivity contribution in [1.29, 1.82) is 0 Å². The van der Waals surface area contributed by atoms with Gasteiger partial charge in [-0.25, -0.2) is 4.79 Å². The van der Waals surface area contributed by atoms with Crippen molar-refractivity contribution in [3.8, 4) is 0 Å². The number of para-hydroxylation sites is 1. The Balaban J connectivity index is 2.24. The van der Waals surface area contributed by atoms with Crippen molar-refractivity contribution in [2.75, 3.05) is 0 Å². The van der Waals surface area contributed by atoms with E-state index in [4.69, 9.17) is 11.6 Å². The average Bonchev–Trinajstić information content (AvgIpc) is 2.86. The lowest BCUT2D eigenvalue weighted by atomic mass is 10.1. The zero-order chi connectivity index (χ0) is 18.3. The van der Waals surface area contributed by atoms with E-state index in [1.165, 1.54) is 23.6 Å². The van der Waals surface area contributed by atoms with E-state index < -0.39 is 16.8 Å². The molecule has 0 unspecified atom stereocenters. The van der Waals surface area contributed by atoms with Gasteiger partial charge in [-0.3, -0.25) is 19.5 Å². The number of benzene rings is 2. The number of aromatic carboxylic acids is 1. The van der Waals surface area contributed by atoms with Crippen LogP contribution in [0.4, 0.5) is 5.69 Å². The van der Waals surface area contributed by atoms with Crippen LogP contribution in [0.3, 0.4) is 0 Å². The van der Waals surface area contributed by atoms with Crippen LogP contribution in [0.5, 0.6) is 0 Å². The Bertz CT molecular complexity index is 1050. The van der Waals surface area contributed by atoms with Gasteiger partial charge in [0.05, 0.1) is 26.6 Å². The Morgan fingerprint density at radius 1 is 1.20 bits per heavy atom. The van der Waals surface area contributed by atoms with E-state index in [1.54, 1.807) is 24.3 Å². The smallest absolute Gasteiger partial charge is 0.338 e. The van der Waals surface area contributed by atoms with E-state index in [2.05, 4.69) is 0 Å². The monoisotopic (exact) mass is 358 g/mol. The van der Waals surface area contributed by atoms with Crippen LogP contribution in [0, 0.1) is 17.0 Å². The summed E-state index contributed by atoms with van der Waals surface area (Å²) in [5.41, 5.74) is 0.529. The number of hydrogen-bond donors (Lipinski definition) is 1. The lowest BCUT2D eigenvalue weighted by molar-refractivity contribution is -0.384. The highest BCUT2D eigenvalue weighted by atomic mass is 35.5. The summed E-state index contributed by atoms with van der Waals surface area (Å²) >= 11 is 6.04. The van der Waals surface area contributed by atoms with Crippen molar-refractivity contribution >= 4 is 40.1 Å². The van der Waals surface area contributed by atoms with Gasteiger partial charge in [-0.15, -0.1) is 0 Å². The summed E-state index contributed by atoms with van der Waals surface area (Å²) in [7, 11) is 0. The maximum atomic E-state index is 12.9. The maximum Gasteiger partial charge on any atom is 0.338 e. The van der Waals surface area contributed by atoms with Gasteiger partial charge in [0.25, 0.3) is 11.6 Å². The minimum atomic E-state index is -1.14. The fraction of sp³-hybridized carbons (Fsp3) is 0.0588. The van der Waals surface area contributed by atoms with Crippen molar-refractivity contribution in [3.05, 3.63) is 74.4 Å². The molecule has 0 radical (unpaired) electrons. The topological polar surface area (TPSA) is 102 Å². The van der Waals surface area contributed by atoms with Gasteiger partial charge in [-0.1, -0.05) is 29.8 Å². The number of non-ortho nitro benzene ring substituents is 1. The van der Waals surface area contributed by atoms with Gasteiger partial charge in [0.1, 0.15) is 0 Å². The number of aromatic nitrogens is 1. The number of hydrogen-bond acceptors (Lipinski definition) is 4. The van der Waals surface area contributed by atoms with Crippen molar-refractivity contribution in [3.63, 3.8) is 0 Å². The fourth-order valence-electron chi connectivity index (χ4n) is 2.81. The van der Waals surface area contributed by atoms with Crippen LogP contribution in [0.25, 0.3) is 10.9 Å². The molecule has 2 aromatic carbocycles. The molecule has 3 aromatic rings. The van der Waals surface area contributed by atoms with E-state index in [9.17, 15) is 24.8 Å². The van der Waals surface area contributed by atoms with E-state index >= 15 is 0 Å². The molecule has 0 atom stereocenters. The standard InChI is InChI=1S/C17H11ClN2O5/c1-9-15(17(22)23)12-4-2-3-5-14(12)19(9)16(21)11-7-6-10(20(24)25)8-13(11)18/h2-8H,1H3,(H,22,23). The predicted molar refractivity (Wildman–Crippen MR) is 91.5 cm³/mol. The van der Waals surface area contributed by atoms with Gasteiger partial charge < -0.3 is 5.11 Å². The highest BCUT2D eigenvalue weighted by Gasteiger charge is 2.25. The molecule has 8 heteroatoms.